The Morgan fingerprint density at radius 2 is 2.25 bits per heavy atom. The van der Waals surface area contributed by atoms with E-state index in [1.165, 1.54) is 43.5 Å². The second-order valence-electron chi connectivity index (χ2n) is 6.24. The van der Waals surface area contributed by atoms with Crippen LogP contribution in [0.1, 0.15) is 51.5 Å². The summed E-state index contributed by atoms with van der Waals surface area (Å²) in [5.41, 5.74) is 7.27. The highest BCUT2D eigenvalue weighted by Gasteiger charge is 2.19. The number of hydrogen-bond donors (Lipinski definition) is 1. The van der Waals surface area contributed by atoms with Crippen LogP contribution >= 0.6 is 0 Å². The molecule has 1 saturated heterocycles. The van der Waals surface area contributed by atoms with Crippen LogP contribution in [0.15, 0.2) is 18.3 Å². The molecular formula is C17H29N3. The zero-order chi connectivity index (χ0) is 14.4. The molecular weight excluding hydrogens is 246 g/mol. The van der Waals surface area contributed by atoms with Crippen molar-refractivity contribution in [2.75, 3.05) is 18.0 Å². The molecule has 3 nitrogen and oxygen atoms in total. The van der Waals surface area contributed by atoms with E-state index < -0.39 is 0 Å². The Balaban J connectivity index is 2.07. The van der Waals surface area contributed by atoms with Crippen molar-refractivity contribution in [3.63, 3.8) is 0 Å². The Hall–Kier alpha value is -1.09. The smallest absolute Gasteiger partial charge is 0.131 e. The van der Waals surface area contributed by atoms with Crippen molar-refractivity contribution in [3.8, 4) is 0 Å². The van der Waals surface area contributed by atoms with Crippen LogP contribution in [-0.4, -0.2) is 24.1 Å². The first-order valence-electron chi connectivity index (χ1n) is 8.15. The van der Waals surface area contributed by atoms with Gasteiger partial charge in [-0.15, -0.1) is 0 Å². The maximum absolute atomic E-state index is 5.97. The molecule has 0 amide bonds. The van der Waals surface area contributed by atoms with Crippen LogP contribution in [0.4, 0.5) is 5.82 Å². The first-order chi connectivity index (χ1) is 9.70. The number of nitrogens with two attached hydrogens (primary N) is 1. The minimum Gasteiger partial charge on any atom is -0.356 e. The van der Waals surface area contributed by atoms with Gasteiger partial charge in [-0.05, 0) is 50.2 Å². The fourth-order valence-corrected chi connectivity index (χ4v) is 3.30. The molecule has 0 aromatic carbocycles. The van der Waals surface area contributed by atoms with E-state index in [2.05, 4.69) is 29.8 Å². The van der Waals surface area contributed by atoms with E-state index in [4.69, 9.17) is 5.73 Å². The van der Waals surface area contributed by atoms with Gasteiger partial charge in [-0.1, -0.05) is 25.8 Å². The number of rotatable bonds is 5. The highest BCUT2D eigenvalue weighted by molar-refractivity contribution is 5.47. The molecule has 3 heteroatoms. The highest BCUT2D eigenvalue weighted by atomic mass is 15.2. The van der Waals surface area contributed by atoms with Crippen molar-refractivity contribution >= 4 is 5.82 Å². The Morgan fingerprint density at radius 3 is 3.00 bits per heavy atom. The van der Waals surface area contributed by atoms with E-state index in [1.54, 1.807) is 0 Å². The van der Waals surface area contributed by atoms with Crippen molar-refractivity contribution in [1.82, 2.24) is 4.98 Å². The predicted molar refractivity (Wildman–Crippen MR) is 86.1 cm³/mol. The number of hydrogen-bond acceptors (Lipinski definition) is 3. The summed E-state index contributed by atoms with van der Waals surface area (Å²) in [7, 11) is 0. The van der Waals surface area contributed by atoms with E-state index in [0.29, 0.717) is 0 Å². The van der Waals surface area contributed by atoms with Crippen molar-refractivity contribution in [3.05, 3.63) is 23.9 Å². The molecule has 1 aromatic heterocycles. The van der Waals surface area contributed by atoms with Crippen LogP contribution in [-0.2, 0) is 6.42 Å². The third kappa shape index (κ3) is 4.20. The maximum atomic E-state index is 5.97. The Morgan fingerprint density at radius 1 is 1.40 bits per heavy atom. The normalized spacial score (nSPS) is 21.6. The third-order valence-electron chi connectivity index (χ3n) is 4.25. The molecule has 20 heavy (non-hydrogen) atoms. The molecule has 0 saturated carbocycles. The molecule has 2 unspecified atom stereocenters. The molecule has 1 fully saturated rings. The van der Waals surface area contributed by atoms with Crippen LogP contribution in [0.2, 0.25) is 0 Å². The highest BCUT2D eigenvalue weighted by Crippen LogP contribution is 2.26. The molecule has 0 bridgehead atoms. The summed E-state index contributed by atoms with van der Waals surface area (Å²) in [5, 5.41) is 0. The van der Waals surface area contributed by atoms with Crippen LogP contribution in [0.25, 0.3) is 0 Å². The summed E-state index contributed by atoms with van der Waals surface area (Å²) >= 11 is 0. The van der Waals surface area contributed by atoms with Crippen LogP contribution in [0.5, 0.6) is 0 Å². The van der Waals surface area contributed by atoms with Gasteiger partial charge in [0.05, 0.1) is 0 Å². The molecule has 1 aliphatic rings. The van der Waals surface area contributed by atoms with Gasteiger partial charge in [0.1, 0.15) is 5.82 Å². The average Bonchev–Trinajstić information content (AvgIpc) is 2.65. The van der Waals surface area contributed by atoms with Crippen LogP contribution in [0.3, 0.4) is 0 Å². The monoisotopic (exact) mass is 275 g/mol. The predicted octanol–water partition coefficient (Wildman–Crippen LogP) is 3.38. The van der Waals surface area contributed by atoms with E-state index in [1.807, 2.05) is 12.3 Å². The number of anilines is 1. The lowest BCUT2D eigenvalue weighted by molar-refractivity contribution is 0.435. The molecule has 2 heterocycles. The quantitative estimate of drug-likeness (QED) is 0.895. The van der Waals surface area contributed by atoms with Crippen molar-refractivity contribution in [2.45, 2.75) is 58.4 Å². The van der Waals surface area contributed by atoms with Gasteiger partial charge in [-0.25, -0.2) is 4.98 Å². The number of pyridine rings is 1. The van der Waals surface area contributed by atoms with E-state index in [9.17, 15) is 0 Å². The summed E-state index contributed by atoms with van der Waals surface area (Å²) < 4.78 is 0. The number of nitrogens with zero attached hydrogens (tertiary/aromatic N) is 2. The van der Waals surface area contributed by atoms with Gasteiger partial charge in [-0.2, -0.15) is 0 Å². The van der Waals surface area contributed by atoms with Gasteiger partial charge < -0.3 is 10.6 Å². The van der Waals surface area contributed by atoms with Gasteiger partial charge in [0.15, 0.2) is 0 Å². The molecule has 0 radical (unpaired) electrons. The largest absolute Gasteiger partial charge is 0.356 e. The second-order valence-corrected chi connectivity index (χ2v) is 6.24. The second kappa shape index (κ2) is 7.63. The topological polar surface area (TPSA) is 42.2 Å². The minimum absolute atomic E-state index is 0.192. The third-order valence-corrected chi connectivity index (χ3v) is 4.25. The van der Waals surface area contributed by atoms with Crippen LogP contribution < -0.4 is 10.6 Å². The fraction of sp³-hybridized carbons (Fsp3) is 0.706. The summed E-state index contributed by atoms with van der Waals surface area (Å²) in [6, 6.07) is 4.40. The maximum Gasteiger partial charge on any atom is 0.131 e. The molecule has 1 aliphatic heterocycles. The molecule has 0 aliphatic carbocycles. The zero-order valence-corrected chi connectivity index (χ0v) is 13.0. The Bertz CT molecular complexity index is 403. The summed E-state index contributed by atoms with van der Waals surface area (Å²) in [6.45, 7) is 6.65. The van der Waals surface area contributed by atoms with E-state index >= 15 is 0 Å². The van der Waals surface area contributed by atoms with Crippen molar-refractivity contribution in [2.24, 2.45) is 11.7 Å². The van der Waals surface area contributed by atoms with Gasteiger partial charge >= 0.3 is 0 Å². The van der Waals surface area contributed by atoms with Crippen molar-refractivity contribution in [1.29, 1.82) is 0 Å². The van der Waals surface area contributed by atoms with Gasteiger partial charge in [0.2, 0.25) is 0 Å². The van der Waals surface area contributed by atoms with Crippen LogP contribution in [0, 0.1) is 5.92 Å². The SMILES string of the molecule is CCCC1CCCN(c2ncccc2CC(C)N)CC1. The molecule has 2 N–H and O–H groups in total. The Kier molecular flexibility index (Phi) is 5.84. The summed E-state index contributed by atoms with van der Waals surface area (Å²) in [4.78, 5) is 7.12. The van der Waals surface area contributed by atoms with Gasteiger partial charge in [-0.3, -0.25) is 0 Å². The lowest BCUT2D eigenvalue weighted by Crippen LogP contribution is -2.28. The van der Waals surface area contributed by atoms with E-state index in [0.717, 1.165) is 25.4 Å². The van der Waals surface area contributed by atoms with Gasteiger partial charge in [0.25, 0.3) is 0 Å². The van der Waals surface area contributed by atoms with Crippen molar-refractivity contribution < 1.29 is 0 Å². The average molecular weight is 275 g/mol. The summed E-state index contributed by atoms with van der Waals surface area (Å²) in [6.07, 6.45) is 9.49. The lowest BCUT2D eigenvalue weighted by Gasteiger charge is -2.24. The molecule has 2 atom stereocenters. The standard InChI is InChI=1S/C17H29N3/c1-3-6-15-7-5-11-20(12-9-15)17-16(13-14(2)18)8-4-10-19-17/h4,8,10,14-15H,3,5-7,9,11-13,18H2,1-2H3. The molecule has 112 valence electrons. The van der Waals surface area contributed by atoms with Gasteiger partial charge in [0, 0.05) is 25.3 Å². The fourth-order valence-electron chi connectivity index (χ4n) is 3.30. The minimum atomic E-state index is 0.192. The first-order valence-corrected chi connectivity index (χ1v) is 8.15. The summed E-state index contributed by atoms with van der Waals surface area (Å²) in [5.74, 6) is 2.08. The molecule has 0 spiro atoms. The number of aromatic nitrogens is 1. The lowest BCUT2D eigenvalue weighted by atomic mass is 9.96. The molecule has 2 rings (SSSR count). The Labute approximate surface area is 123 Å². The molecule has 1 aromatic rings. The first kappa shape index (κ1) is 15.3. The zero-order valence-electron chi connectivity index (χ0n) is 13.0. The van der Waals surface area contributed by atoms with E-state index in [-0.39, 0.29) is 6.04 Å².